The maximum absolute atomic E-state index is 12.9. The predicted molar refractivity (Wildman–Crippen MR) is 117 cm³/mol. The molecule has 0 atom stereocenters. The van der Waals surface area contributed by atoms with E-state index in [4.69, 9.17) is 11.6 Å². The van der Waals surface area contributed by atoms with Crippen molar-refractivity contribution in [2.75, 3.05) is 0 Å². The second-order valence-electron chi connectivity index (χ2n) is 6.76. The summed E-state index contributed by atoms with van der Waals surface area (Å²) in [7, 11) is 0. The molecule has 148 valence electrons. The van der Waals surface area contributed by atoms with Crippen LogP contribution in [0.15, 0.2) is 89.1 Å². The van der Waals surface area contributed by atoms with Crippen molar-refractivity contribution in [3.63, 3.8) is 0 Å². The van der Waals surface area contributed by atoms with Gasteiger partial charge in [0.05, 0.1) is 5.56 Å². The number of nitrogens with zero attached hydrogens (tertiary/aromatic N) is 2. The first-order valence-electron chi connectivity index (χ1n) is 9.25. The van der Waals surface area contributed by atoms with E-state index in [2.05, 4.69) is 10.2 Å². The molecule has 0 unspecified atom stereocenters. The Bertz CT molecular complexity index is 1270. The van der Waals surface area contributed by atoms with Crippen molar-refractivity contribution in [3.8, 4) is 11.5 Å². The maximum Gasteiger partial charge on any atom is 0.171 e. The van der Waals surface area contributed by atoms with Crippen molar-refractivity contribution >= 4 is 39.5 Å². The normalized spacial score (nSPS) is 11.2. The number of benzene rings is 4. The topological polar surface area (TPSA) is 82.2 Å². The third-order valence-electron chi connectivity index (χ3n) is 4.70. The predicted octanol–water partition coefficient (Wildman–Crippen LogP) is 6.75. The summed E-state index contributed by atoms with van der Waals surface area (Å²) in [6.45, 7) is 0. The highest BCUT2D eigenvalue weighted by Gasteiger charge is 2.18. The zero-order chi connectivity index (χ0) is 21.1. The molecule has 4 aromatic rings. The molecule has 0 bridgehead atoms. The van der Waals surface area contributed by atoms with Crippen LogP contribution in [-0.2, 0) is 6.42 Å². The Kier molecular flexibility index (Phi) is 5.46. The van der Waals surface area contributed by atoms with E-state index in [1.807, 2.05) is 48.5 Å². The number of fused-ring (bicyclic) bond motifs is 1. The molecule has 0 aliphatic rings. The van der Waals surface area contributed by atoms with Crippen LogP contribution in [0.3, 0.4) is 0 Å². The van der Waals surface area contributed by atoms with Crippen molar-refractivity contribution in [2.45, 2.75) is 6.42 Å². The quantitative estimate of drug-likeness (QED) is 0.279. The molecule has 2 N–H and O–H groups in total. The molecule has 4 aromatic carbocycles. The van der Waals surface area contributed by atoms with E-state index in [-0.39, 0.29) is 40.6 Å². The first-order valence-corrected chi connectivity index (χ1v) is 9.63. The van der Waals surface area contributed by atoms with Gasteiger partial charge in [0.25, 0.3) is 0 Å². The number of Topliss-reactive ketones (excluding diaryl/α,β-unsaturated/α-hetero) is 1. The monoisotopic (exact) mass is 416 g/mol. The van der Waals surface area contributed by atoms with Crippen molar-refractivity contribution in [1.29, 1.82) is 0 Å². The van der Waals surface area contributed by atoms with Gasteiger partial charge in [-0.25, -0.2) is 0 Å². The minimum Gasteiger partial charge on any atom is -0.506 e. The van der Waals surface area contributed by atoms with Crippen molar-refractivity contribution < 1.29 is 15.0 Å². The van der Waals surface area contributed by atoms with Crippen molar-refractivity contribution in [1.82, 2.24) is 0 Å². The van der Waals surface area contributed by atoms with Gasteiger partial charge in [0, 0.05) is 16.8 Å². The van der Waals surface area contributed by atoms with Crippen LogP contribution < -0.4 is 0 Å². The molecule has 0 fully saturated rings. The number of ketones is 1. The van der Waals surface area contributed by atoms with Crippen LogP contribution in [0, 0.1) is 0 Å². The Morgan fingerprint density at radius 2 is 1.60 bits per heavy atom. The number of hydrogen-bond donors (Lipinski definition) is 2. The summed E-state index contributed by atoms with van der Waals surface area (Å²) in [4.78, 5) is 12.9. The van der Waals surface area contributed by atoms with E-state index in [0.29, 0.717) is 10.4 Å². The average Bonchev–Trinajstić information content (AvgIpc) is 2.75. The van der Waals surface area contributed by atoms with E-state index in [1.54, 1.807) is 12.1 Å². The van der Waals surface area contributed by atoms with Crippen LogP contribution in [0.25, 0.3) is 10.8 Å². The molecule has 0 aliphatic heterocycles. The Balaban J connectivity index is 1.80. The number of rotatable bonds is 5. The lowest BCUT2D eigenvalue weighted by Gasteiger charge is -2.10. The van der Waals surface area contributed by atoms with Gasteiger partial charge in [-0.3, -0.25) is 4.79 Å². The highest BCUT2D eigenvalue weighted by atomic mass is 35.5. The van der Waals surface area contributed by atoms with E-state index in [9.17, 15) is 15.0 Å². The lowest BCUT2D eigenvalue weighted by molar-refractivity contribution is 0.0990. The third kappa shape index (κ3) is 4.02. The maximum atomic E-state index is 12.9. The third-order valence-corrected chi connectivity index (χ3v) is 4.93. The summed E-state index contributed by atoms with van der Waals surface area (Å²) < 4.78 is 0. The number of phenols is 2. The lowest BCUT2D eigenvalue weighted by Crippen LogP contribution is -2.04. The molecular weight excluding hydrogens is 400 g/mol. The first kappa shape index (κ1) is 19.6. The summed E-state index contributed by atoms with van der Waals surface area (Å²) in [5.41, 5.74) is 1.33. The second kappa shape index (κ2) is 8.35. The molecule has 30 heavy (non-hydrogen) atoms. The number of carbonyl (C=O) groups is 1. The molecule has 4 rings (SSSR count). The smallest absolute Gasteiger partial charge is 0.171 e. The van der Waals surface area contributed by atoms with Crippen LogP contribution in [0.4, 0.5) is 11.4 Å². The number of phenolic OH excluding ortho intramolecular Hbond substituents is 2. The fraction of sp³-hybridized carbons (Fsp3) is 0.0417. The molecule has 0 heterocycles. The largest absolute Gasteiger partial charge is 0.506 e. The highest BCUT2D eigenvalue weighted by molar-refractivity contribution is 6.30. The Morgan fingerprint density at radius 1 is 0.867 bits per heavy atom. The van der Waals surface area contributed by atoms with E-state index < -0.39 is 0 Å². The molecule has 0 saturated carbocycles. The lowest BCUT2D eigenvalue weighted by atomic mass is 9.97. The number of azo groups is 1. The van der Waals surface area contributed by atoms with Gasteiger partial charge in [0.15, 0.2) is 11.5 Å². The zero-order valence-corrected chi connectivity index (χ0v) is 16.5. The van der Waals surface area contributed by atoms with Crippen LogP contribution in [-0.4, -0.2) is 16.0 Å². The molecule has 0 amide bonds. The Hall–Kier alpha value is -3.70. The molecule has 0 aliphatic carbocycles. The van der Waals surface area contributed by atoms with E-state index in [0.717, 1.165) is 10.9 Å². The summed E-state index contributed by atoms with van der Waals surface area (Å²) >= 11 is 5.96. The van der Waals surface area contributed by atoms with Gasteiger partial charge >= 0.3 is 0 Å². The Labute approximate surface area is 177 Å². The first-order chi connectivity index (χ1) is 14.5. The fourth-order valence-electron chi connectivity index (χ4n) is 3.19. The SMILES string of the molecule is O=C(Cc1ccccc1)c1cc2ccccc2c(N=Nc2cc(Cl)ccc2O)c1O. The van der Waals surface area contributed by atoms with Gasteiger partial charge in [-0.15, -0.1) is 10.2 Å². The summed E-state index contributed by atoms with van der Waals surface area (Å²) in [6, 6.07) is 22.7. The van der Waals surface area contributed by atoms with Gasteiger partial charge in [-0.05, 0) is 35.2 Å². The highest BCUT2D eigenvalue weighted by Crippen LogP contribution is 2.40. The number of hydrogen-bond acceptors (Lipinski definition) is 5. The standard InChI is InChI=1S/C24H17ClN2O3/c25-17-10-11-21(28)20(14-17)26-27-23-18-9-5-4-8-16(18)13-19(24(23)30)22(29)12-15-6-2-1-3-7-15/h1-11,13-14,28,30H,12H2. The fourth-order valence-corrected chi connectivity index (χ4v) is 3.35. The average molecular weight is 417 g/mol. The zero-order valence-electron chi connectivity index (χ0n) is 15.8. The van der Waals surface area contributed by atoms with Gasteiger partial charge < -0.3 is 10.2 Å². The van der Waals surface area contributed by atoms with E-state index >= 15 is 0 Å². The Morgan fingerprint density at radius 3 is 2.40 bits per heavy atom. The number of halogens is 1. The minimum absolute atomic E-state index is 0.0942. The number of aromatic hydroxyl groups is 2. The van der Waals surface area contributed by atoms with Crippen LogP contribution in [0.5, 0.6) is 11.5 Å². The van der Waals surface area contributed by atoms with Crippen LogP contribution >= 0.6 is 11.6 Å². The van der Waals surface area contributed by atoms with Crippen LogP contribution in [0.1, 0.15) is 15.9 Å². The second-order valence-corrected chi connectivity index (χ2v) is 7.20. The van der Waals surface area contributed by atoms with Gasteiger partial charge in [0.1, 0.15) is 17.1 Å². The molecule has 5 nitrogen and oxygen atoms in total. The van der Waals surface area contributed by atoms with E-state index in [1.165, 1.54) is 18.2 Å². The van der Waals surface area contributed by atoms with Gasteiger partial charge in [-0.1, -0.05) is 66.2 Å². The van der Waals surface area contributed by atoms with Gasteiger partial charge in [0.2, 0.25) is 0 Å². The molecule has 6 heteroatoms. The minimum atomic E-state index is -0.250. The molecule has 0 saturated heterocycles. The molecular formula is C24H17ClN2O3. The van der Waals surface area contributed by atoms with Crippen LogP contribution in [0.2, 0.25) is 5.02 Å². The van der Waals surface area contributed by atoms with Crippen molar-refractivity contribution in [2.24, 2.45) is 10.2 Å². The van der Waals surface area contributed by atoms with Crippen molar-refractivity contribution in [3.05, 3.63) is 95.0 Å². The summed E-state index contributed by atoms with van der Waals surface area (Å²) in [6.07, 6.45) is 0.151. The molecule has 0 aromatic heterocycles. The summed E-state index contributed by atoms with van der Waals surface area (Å²) in [5.74, 6) is -0.574. The number of carbonyl (C=O) groups excluding carboxylic acids is 1. The molecule has 0 radical (unpaired) electrons. The summed E-state index contributed by atoms with van der Waals surface area (Å²) in [5, 5.41) is 30.8. The molecule has 0 spiro atoms. The van der Waals surface area contributed by atoms with Gasteiger partial charge in [-0.2, -0.15) is 0 Å².